The van der Waals surface area contributed by atoms with Gasteiger partial charge in [-0.25, -0.2) is 0 Å². The van der Waals surface area contributed by atoms with Gasteiger partial charge in [0.25, 0.3) is 0 Å². The van der Waals surface area contributed by atoms with Crippen LogP contribution in [-0.2, 0) is 5.41 Å². The molecule has 0 aliphatic heterocycles. The molecule has 1 aliphatic rings. The Balaban J connectivity index is 2.26. The lowest BCUT2D eigenvalue weighted by Gasteiger charge is -2.25. The van der Waals surface area contributed by atoms with Gasteiger partial charge in [-0.05, 0) is 47.3 Å². The van der Waals surface area contributed by atoms with Gasteiger partial charge < -0.3 is 10.1 Å². The zero-order valence-corrected chi connectivity index (χ0v) is 14.7. The molecular weight excluding hydrogens is 258 g/mol. The van der Waals surface area contributed by atoms with E-state index in [2.05, 4.69) is 65.1 Å². The van der Waals surface area contributed by atoms with Gasteiger partial charge in [0.05, 0.1) is 12.8 Å². The van der Waals surface area contributed by atoms with Gasteiger partial charge in [-0.3, -0.25) is 0 Å². The Morgan fingerprint density at radius 2 is 1.86 bits per heavy atom. The van der Waals surface area contributed by atoms with Crippen LogP contribution in [0.3, 0.4) is 0 Å². The normalized spacial score (nSPS) is 24.9. The molecule has 0 heterocycles. The van der Waals surface area contributed by atoms with Crippen molar-refractivity contribution in [2.24, 2.45) is 11.3 Å². The summed E-state index contributed by atoms with van der Waals surface area (Å²) in [6.45, 7) is 13.8. The van der Waals surface area contributed by atoms with Crippen LogP contribution in [0.1, 0.15) is 59.9 Å². The van der Waals surface area contributed by atoms with Crippen LogP contribution in [0.15, 0.2) is 18.2 Å². The highest BCUT2D eigenvalue weighted by molar-refractivity contribution is 5.59. The molecule has 1 aromatic carbocycles. The summed E-state index contributed by atoms with van der Waals surface area (Å²) in [7, 11) is 1.75. The lowest BCUT2D eigenvalue weighted by Crippen LogP contribution is -2.23. The smallest absolute Gasteiger partial charge is 0.141 e. The van der Waals surface area contributed by atoms with Crippen LogP contribution in [-0.4, -0.2) is 13.2 Å². The topological polar surface area (TPSA) is 21.3 Å². The molecule has 0 amide bonds. The van der Waals surface area contributed by atoms with Crippen LogP contribution in [0.25, 0.3) is 0 Å². The molecule has 1 aliphatic carbocycles. The average Bonchev–Trinajstić information content (AvgIpc) is 2.61. The largest absolute Gasteiger partial charge is 0.495 e. The maximum Gasteiger partial charge on any atom is 0.141 e. The van der Waals surface area contributed by atoms with Crippen molar-refractivity contribution in [1.29, 1.82) is 0 Å². The van der Waals surface area contributed by atoms with Crippen LogP contribution in [0.5, 0.6) is 5.75 Å². The molecular formula is C19H31NO. The number of methoxy groups -OCH3 is 1. The van der Waals surface area contributed by atoms with E-state index >= 15 is 0 Å². The quantitative estimate of drug-likeness (QED) is 0.822. The van der Waals surface area contributed by atoms with E-state index in [9.17, 15) is 0 Å². The first kappa shape index (κ1) is 16.2. The second kappa shape index (κ2) is 5.55. The molecule has 2 rings (SSSR count). The summed E-state index contributed by atoms with van der Waals surface area (Å²) in [6, 6.07) is 7.06. The monoisotopic (exact) mass is 289 g/mol. The summed E-state index contributed by atoms with van der Waals surface area (Å²) >= 11 is 0. The number of hydrogen-bond donors (Lipinski definition) is 1. The van der Waals surface area contributed by atoms with E-state index in [-0.39, 0.29) is 5.41 Å². The van der Waals surface area contributed by atoms with Gasteiger partial charge in [0.2, 0.25) is 0 Å². The van der Waals surface area contributed by atoms with E-state index < -0.39 is 0 Å². The molecule has 1 aromatic rings. The van der Waals surface area contributed by atoms with Gasteiger partial charge in [0, 0.05) is 6.04 Å². The van der Waals surface area contributed by atoms with Crippen molar-refractivity contribution in [3.63, 3.8) is 0 Å². The predicted octanol–water partition coefficient (Wildman–Crippen LogP) is 5.23. The maximum absolute atomic E-state index is 5.55. The fourth-order valence-corrected chi connectivity index (χ4v) is 3.57. The van der Waals surface area contributed by atoms with Gasteiger partial charge in [-0.15, -0.1) is 0 Å². The highest BCUT2D eigenvalue weighted by Gasteiger charge is 2.36. The van der Waals surface area contributed by atoms with Crippen molar-refractivity contribution in [1.82, 2.24) is 0 Å². The molecule has 0 aromatic heterocycles. The summed E-state index contributed by atoms with van der Waals surface area (Å²) in [4.78, 5) is 0. The lowest BCUT2D eigenvalue weighted by atomic mass is 9.86. The lowest BCUT2D eigenvalue weighted by molar-refractivity contribution is 0.366. The number of benzene rings is 1. The Labute approximate surface area is 130 Å². The average molecular weight is 289 g/mol. The molecule has 1 fully saturated rings. The fourth-order valence-electron chi connectivity index (χ4n) is 3.57. The maximum atomic E-state index is 5.55. The first-order valence-electron chi connectivity index (χ1n) is 8.07. The molecule has 0 saturated heterocycles. The minimum Gasteiger partial charge on any atom is -0.495 e. The SMILES string of the molecule is COc1ccc(C(C)(C)C)cc1NC1CC(C)(C)CC1C. The molecule has 2 atom stereocenters. The Morgan fingerprint density at radius 1 is 1.19 bits per heavy atom. The van der Waals surface area contributed by atoms with Crippen LogP contribution >= 0.6 is 0 Å². The van der Waals surface area contributed by atoms with E-state index in [1.807, 2.05) is 0 Å². The van der Waals surface area contributed by atoms with Gasteiger partial charge in [-0.1, -0.05) is 47.6 Å². The van der Waals surface area contributed by atoms with Crippen LogP contribution in [0.2, 0.25) is 0 Å². The van der Waals surface area contributed by atoms with Gasteiger partial charge in [0.15, 0.2) is 0 Å². The Kier molecular flexibility index (Phi) is 4.28. The molecule has 0 spiro atoms. The zero-order chi connectivity index (χ0) is 15.8. The van der Waals surface area contributed by atoms with Crippen LogP contribution in [0, 0.1) is 11.3 Å². The molecule has 2 heteroatoms. The number of anilines is 1. The van der Waals surface area contributed by atoms with Gasteiger partial charge in [-0.2, -0.15) is 0 Å². The Bertz CT molecular complexity index is 499. The summed E-state index contributed by atoms with van der Waals surface area (Å²) < 4.78 is 5.55. The fraction of sp³-hybridized carbons (Fsp3) is 0.684. The van der Waals surface area contributed by atoms with E-state index in [1.54, 1.807) is 7.11 Å². The zero-order valence-electron chi connectivity index (χ0n) is 14.7. The third kappa shape index (κ3) is 3.72. The number of nitrogens with one attached hydrogen (secondary N) is 1. The van der Waals surface area contributed by atoms with Crippen molar-refractivity contribution >= 4 is 5.69 Å². The highest BCUT2D eigenvalue weighted by Crippen LogP contribution is 2.43. The molecule has 2 unspecified atom stereocenters. The predicted molar refractivity (Wildman–Crippen MR) is 91.3 cm³/mol. The van der Waals surface area contributed by atoms with E-state index in [1.165, 1.54) is 18.4 Å². The third-order valence-corrected chi connectivity index (χ3v) is 4.74. The molecule has 1 N–H and O–H groups in total. The minimum atomic E-state index is 0.156. The summed E-state index contributed by atoms with van der Waals surface area (Å²) in [5.41, 5.74) is 3.07. The molecule has 2 nitrogen and oxygen atoms in total. The summed E-state index contributed by atoms with van der Waals surface area (Å²) in [5.74, 6) is 1.64. The number of ether oxygens (including phenoxy) is 1. The first-order valence-corrected chi connectivity index (χ1v) is 8.07. The second-order valence-corrected chi connectivity index (χ2v) is 8.47. The third-order valence-electron chi connectivity index (χ3n) is 4.74. The molecule has 118 valence electrons. The molecule has 1 saturated carbocycles. The number of rotatable bonds is 3. The van der Waals surface area contributed by atoms with Gasteiger partial charge in [0.1, 0.15) is 5.75 Å². The van der Waals surface area contributed by atoms with Crippen molar-refractivity contribution < 1.29 is 4.74 Å². The van der Waals surface area contributed by atoms with Crippen molar-refractivity contribution in [2.45, 2.75) is 65.8 Å². The molecule has 0 bridgehead atoms. The standard InChI is InChI=1S/C19H31NO/c1-13-11-19(5,6)12-16(13)20-15-10-14(18(2,3)4)8-9-17(15)21-7/h8-10,13,16,20H,11-12H2,1-7H3. The summed E-state index contributed by atoms with van der Waals surface area (Å²) in [6.07, 6.45) is 2.50. The Morgan fingerprint density at radius 3 is 2.33 bits per heavy atom. The van der Waals surface area contributed by atoms with E-state index in [0.717, 1.165) is 11.4 Å². The van der Waals surface area contributed by atoms with E-state index in [0.29, 0.717) is 17.4 Å². The van der Waals surface area contributed by atoms with Crippen LogP contribution < -0.4 is 10.1 Å². The van der Waals surface area contributed by atoms with E-state index in [4.69, 9.17) is 4.74 Å². The molecule has 0 radical (unpaired) electrons. The minimum absolute atomic E-state index is 0.156. The molecule has 21 heavy (non-hydrogen) atoms. The Hall–Kier alpha value is -1.18. The second-order valence-electron chi connectivity index (χ2n) is 8.47. The summed E-state index contributed by atoms with van der Waals surface area (Å²) in [5, 5.41) is 3.75. The first-order chi connectivity index (χ1) is 9.62. The number of hydrogen-bond acceptors (Lipinski definition) is 2. The van der Waals surface area contributed by atoms with Crippen molar-refractivity contribution in [2.75, 3.05) is 12.4 Å². The van der Waals surface area contributed by atoms with Crippen molar-refractivity contribution in [3.8, 4) is 5.75 Å². The van der Waals surface area contributed by atoms with Crippen molar-refractivity contribution in [3.05, 3.63) is 23.8 Å². The highest BCUT2D eigenvalue weighted by atomic mass is 16.5. The van der Waals surface area contributed by atoms with Crippen LogP contribution in [0.4, 0.5) is 5.69 Å². The van der Waals surface area contributed by atoms with Gasteiger partial charge >= 0.3 is 0 Å².